The van der Waals surface area contributed by atoms with Crippen LogP contribution in [-0.4, -0.2) is 60.3 Å². The third-order valence-corrected chi connectivity index (χ3v) is 5.81. The molecule has 0 spiro atoms. The van der Waals surface area contributed by atoms with Crippen molar-refractivity contribution in [2.75, 3.05) is 38.9 Å². The summed E-state index contributed by atoms with van der Waals surface area (Å²) in [6.07, 6.45) is 0. The summed E-state index contributed by atoms with van der Waals surface area (Å²) >= 11 is 0. The van der Waals surface area contributed by atoms with E-state index in [2.05, 4.69) is 5.32 Å². The highest BCUT2D eigenvalue weighted by Crippen LogP contribution is 2.33. The molecule has 0 fully saturated rings. The Morgan fingerprint density at radius 1 is 1.03 bits per heavy atom. The number of benzene rings is 2. The Labute approximate surface area is 218 Å². The minimum absolute atomic E-state index is 0.0956. The maximum Gasteiger partial charge on any atom is 0.322 e. The minimum atomic E-state index is -0.541. The molecule has 2 heterocycles. The van der Waals surface area contributed by atoms with Crippen LogP contribution in [0.25, 0.3) is 0 Å². The number of anilines is 1. The quantitative estimate of drug-likeness (QED) is 0.294. The fraction of sp³-hybridized carbons (Fsp3) is 0.308. The number of rotatable bonds is 11. The summed E-state index contributed by atoms with van der Waals surface area (Å²) < 4.78 is 21.7. The fourth-order valence-electron chi connectivity index (χ4n) is 3.84. The van der Waals surface area contributed by atoms with Crippen molar-refractivity contribution < 1.29 is 33.1 Å². The van der Waals surface area contributed by atoms with Gasteiger partial charge in [-0.05, 0) is 48.9 Å². The lowest BCUT2D eigenvalue weighted by Gasteiger charge is -2.27. The Hall–Kier alpha value is -4.58. The number of nitro groups is 1. The molecule has 3 aromatic rings. The van der Waals surface area contributed by atoms with Gasteiger partial charge >= 0.3 is 6.03 Å². The number of hydrogen-bond donors (Lipinski definition) is 1. The van der Waals surface area contributed by atoms with Gasteiger partial charge in [0, 0.05) is 38.0 Å². The summed E-state index contributed by atoms with van der Waals surface area (Å²) in [5.74, 6) is 2.26. The van der Waals surface area contributed by atoms with Crippen LogP contribution in [0, 0.1) is 17.0 Å². The van der Waals surface area contributed by atoms with Crippen molar-refractivity contribution >= 4 is 23.3 Å². The van der Waals surface area contributed by atoms with Gasteiger partial charge in [-0.25, -0.2) is 4.79 Å². The fourth-order valence-corrected chi connectivity index (χ4v) is 3.84. The van der Waals surface area contributed by atoms with E-state index in [9.17, 15) is 19.7 Å². The second-order valence-electron chi connectivity index (χ2n) is 8.60. The van der Waals surface area contributed by atoms with Gasteiger partial charge in [-0.2, -0.15) is 0 Å². The summed E-state index contributed by atoms with van der Waals surface area (Å²) in [6, 6.07) is 14.0. The molecule has 12 heteroatoms. The third kappa shape index (κ3) is 6.79. The maximum atomic E-state index is 13.5. The molecule has 2 aromatic carbocycles. The SMILES string of the molecule is COCCN(CC(=O)N(Cc1ccc2c(c1)OCO2)Cc1ccc(C)o1)C(=O)Nc1ccc([N+](=O)[O-])cc1. The molecule has 0 aliphatic carbocycles. The topological polar surface area (TPSA) is 137 Å². The number of nitro benzene ring substituents is 1. The van der Waals surface area contributed by atoms with E-state index >= 15 is 0 Å². The summed E-state index contributed by atoms with van der Waals surface area (Å²) in [5, 5.41) is 13.6. The second kappa shape index (κ2) is 12.1. The van der Waals surface area contributed by atoms with Gasteiger partial charge in [0.1, 0.15) is 18.1 Å². The van der Waals surface area contributed by atoms with Crippen molar-refractivity contribution in [3.8, 4) is 11.5 Å². The summed E-state index contributed by atoms with van der Waals surface area (Å²) in [4.78, 5) is 39.9. The first-order valence-corrected chi connectivity index (χ1v) is 11.8. The molecule has 12 nitrogen and oxygen atoms in total. The minimum Gasteiger partial charge on any atom is -0.464 e. The van der Waals surface area contributed by atoms with Gasteiger partial charge in [-0.15, -0.1) is 0 Å². The van der Waals surface area contributed by atoms with Gasteiger partial charge in [0.25, 0.3) is 5.69 Å². The first-order valence-electron chi connectivity index (χ1n) is 11.8. The largest absolute Gasteiger partial charge is 0.464 e. The lowest BCUT2D eigenvalue weighted by molar-refractivity contribution is -0.384. The molecule has 38 heavy (non-hydrogen) atoms. The van der Waals surface area contributed by atoms with Crippen LogP contribution in [0.1, 0.15) is 17.1 Å². The Morgan fingerprint density at radius 3 is 2.47 bits per heavy atom. The number of ether oxygens (including phenoxy) is 3. The highest BCUT2D eigenvalue weighted by atomic mass is 16.7. The Morgan fingerprint density at radius 2 is 1.79 bits per heavy atom. The predicted molar refractivity (Wildman–Crippen MR) is 136 cm³/mol. The number of hydrogen-bond acceptors (Lipinski definition) is 8. The van der Waals surface area contributed by atoms with Gasteiger partial charge in [-0.3, -0.25) is 14.9 Å². The van der Waals surface area contributed by atoms with Crippen LogP contribution in [0.2, 0.25) is 0 Å². The van der Waals surface area contributed by atoms with Gasteiger partial charge in [0.2, 0.25) is 12.7 Å². The van der Waals surface area contributed by atoms with Crippen LogP contribution in [0.5, 0.6) is 11.5 Å². The Balaban J connectivity index is 1.49. The molecule has 1 aliphatic heterocycles. The van der Waals surface area contributed by atoms with Crippen molar-refractivity contribution in [3.63, 3.8) is 0 Å². The highest BCUT2D eigenvalue weighted by molar-refractivity contribution is 5.92. The normalized spacial score (nSPS) is 11.7. The van der Waals surface area contributed by atoms with E-state index in [4.69, 9.17) is 18.6 Å². The number of furan rings is 1. The van der Waals surface area contributed by atoms with Crippen molar-refractivity contribution in [3.05, 3.63) is 81.8 Å². The first kappa shape index (κ1) is 26.5. The number of methoxy groups -OCH3 is 1. The third-order valence-electron chi connectivity index (χ3n) is 5.81. The highest BCUT2D eigenvalue weighted by Gasteiger charge is 2.24. The van der Waals surface area contributed by atoms with Gasteiger partial charge in [0.05, 0.1) is 18.1 Å². The van der Waals surface area contributed by atoms with Crippen LogP contribution in [0.3, 0.4) is 0 Å². The van der Waals surface area contributed by atoms with E-state index < -0.39 is 11.0 Å². The molecule has 200 valence electrons. The summed E-state index contributed by atoms with van der Waals surface area (Å²) in [5.41, 5.74) is 1.09. The molecular formula is C26H28N4O8. The van der Waals surface area contributed by atoms with E-state index in [1.807, 2.05) is 25.1 Å². The molecule has 1 aromatic heterocycles. The Kier molecular flexibility index (Phi) is 8.44. The molecule has 0 unspecified atom stereocenters. The van der Waals surface area contributed by atoms with Crippen molar-refractivity contribution in [2.24, 2.45) is 0 Å². The summed E-state index contributed by atoms with van der Waals surface area (Å²) in [7, 11) is 1.50. The van der Waals surface area contributed by atoms with Crippen molar-refractivity contribution in [1.29, 1.82) is 0 Å². The average molecular weight is 525 g/mol. The van der Waals surface area contributed by atoms with E-state index in [1.54, 1.807) is 17.0 Å². The van der Waals surface area contributed by atoms with Crippen LogP contribution in [0.4, 0.5) is 16.2 Å². The van der Waals surface area contributed by atoms with E-state index in [-0.39, 0.29) is 51.2 Å². The molecule has 0 atom stereocenters. The van der Waals surface area contributed by atoms with E-state index in [0.29, 0.717) is 22.9 Å². The molecule has 3 amide bonds. The van der Waals surface area contributed by atoms with Crippen LogP contribution < -0.4 is 14.8 Å². The number of nitrogens with one attached hydrogen (secondary N) is 1. The van der Waals surface area contributed by atoms with E-state index in [1.165, 1.54) is 36.3 Å². The molecule has 0 bridgehead atoms. The molecule has 0 saturated carbocycles. The smallest absolute Gasteiger partial charge is 0.322 e. The van der Waals surface area contributed by atoms with Crippen LogP contribution >= 0.6 is 0 Å². The number of aryl methyl sites for hydroxylation is 1. The maximum absolute atomic E-state index is 13.5. The molecular weight excluding hydrogens is 496 g/mol. The standard InChI is InChI=1S/C26H28N4O8/c1-18-3-9-22(38-18)15-29(14-19-4-10-23-24(13-19)37-17-36-23)25(31)16-28(11-12-35-2)26(32)27-20-5-7-21(8-6-20)30(33)34/h3-10,13H,11-12,14-17H2,1-2H3,(H,27,32). The molecule has 0 radical (unpaired) electrons. The molecule has 1 aliphatic rings. The van der Waals surface area contributed by atoms with E-state index in [0.717, 1.165) is 11.3 Å². The number of amides is 3. The molecule has 4 rings (SSSR count). The Bertz CT molecular complexity index is 1290. The monoisotopic (exact) mass is 524 g/mol. The lowest BCUT2D eigenvalue weighted by atomic mass is 10.2. The van der Waals surface area contributed by atoms with Crippen LogP contribution in [-0.2, 0) is 22.6 Å². The predicted octanol–water partition coefficient (Wildman–Crippen LogP) is 3.93. The molecule has 0 saturated heterocycles. The van der Waals surface area contributed by atoms with Crippen LogP contribution in [0.15, 0.2) is 59.0 Å². The van der Waals surface area contributed by atoms with Crippen molar-refractivity contribution in [2.45, 2.75) is 20.0 Å². The number of non-ortho nitro benzene ring substituents is 1. The second-order valence-corrected chi connectivity index (χ2v) is 8.60. The van der Waals surface area contributed by atoms with Gasteiger partial charge in [0.15, 0.2) is 11.5 Å². The number of urea groups is 1. The molecule has 1 N–H and O–H groups in total. The lowest BCUT2D eigenvalue weighted by Crippen LogP contribution is -2.45. The number of fused-ring (bicyclic) bond motifs is 1. The zero-order chi connectivity index (χ0) is 27.1. The summed E-state index contributed by atoms with van der Waals surface area (Å²) in [6.45, 7) is 2.54. The zero-order valence-corrected chi connectivity index (χ0v) is 21.0. The first-order chi connectivity index (χ1) is 18.3. The van der Waals surface area contributed by atoms with Crippen molar-refractivity contribution in [1.82, 2.24) is 9.80 Å². The average Bonchev–Trinajstić information content (AvgIpc) is 3.54. The van der Waals surface area contributed by atoms with Gasteiger partial charge in [-0.1, -0.05) is 6.07 Å². The zero-order valence-electron chi connectivity index (χ0n) is 21.0. The van der Waals surface area contributed by atoms with Gasteiger partial charge < -0.3 is 33.7 Å². The number of carbonyl (C=O) groups is 2. The number of nitrogens with zero attached hydrogens (tertiary/aromatic N) is 3. The number of carbonyl (C=O) groups excluding carboxylic acids is 2.